The largest absolute Gasteiger partial charge is 0.459 e. The van der Waals surface area contributed by atoms with Crippen LogP contribution in [0.2, 0.25) is 0 Å². The highest BCUT2D eigenvalue weighted by Crippen LogP contribution is 2.22. The molecule has 3 rings (SSSR count). The molecule has 1 amide bonds. The molecule has 1 aromatic heterocycles. The molecule has 0 saturated heterocycles. The van der Waals surface area contributed by atoms with E-state index >= 15 is 0 Å². The van der Waals surface area contributed by atoms with E-state index in [-0.39, 0.29) is 36.1 Å². The second-order valence-electron chi connectivity index (χ2n) is 6.15. The zero-order chi connectivity index (χ0) is 20.9. The lowest BCUT2D eigenvalue weighted by atomic mass is 10.2. The lowest BCUT2D eigenvalue weighted by Gasteiger charge is -2.07. The zero-order valence-electron chi connectivity index (χ0n) is 15.2. The molecule has 2 N–H and O–H groups in total. The quantitative estimate of drug-likeness (QED) is 0.586. The summed E-state index contributed by atoms with van der Waals surface area (Å²) in [5.41, 5.74) is 0.708. The van der Waals surface area contributed by atoms with Crippen LogP contribution in [0.1, 0.15) is 12.2 Å². The SMILES string of the molecule is O=C(CCNS(=O)(=O)c1ccc(F)cc1)NCc1ccc(-c2ccc(F)cc2)o1. The maximum atomic E-state index is 13.0. The molecule has 0 spiro atoms. The lowest BCUT2D eigenvalue weighted by Crippen LogP contribution is -2.30. The zero-order valence-corrected chi connectivity index (χ0v) is 16.0. The number of rotatable bonds is 8. The maximum Gasteiger partial charge on any atom is 0.240 e. The van der Waals surface area contributed by atoms with Gasteiger partial charge in [0.2, 0.25) is 15.9 Å². The fourth-order valence-corrected chi connectivity index (χ4v) is 3.54. The number of carbonyl (C=O) groups excluding carboxylic acids is 1. The van der Waals surface area contributed by atoms with E-state index in [1.807, 2.05) is 0 Å². The molecule has 1 heterocycles. The Balaban J connectivity index is 1.45. The predicted molar refractivity (Wildman–Crippen MR) is 102 cm³/mol. The van der Waals surface area contributed by atoms with Crippen molar-refractivity contribution < 1.29 is 26.4 Å². The first kappa shape index (κ1) is 20.7. The van der Waals surface area contributed by atoms with Gasteiger partial charge in [-0.05, 0) is 60.7 Å². The Morgan fingerprint density at radius 2 is 1.52 bits per heavy atom. The molecule has 0 aliphatic carbocycles. The van der Waals surface area contributed by atoms with Gasteiger partial charge >= 0.3 is 0 Å². The monoisotopic (exact) mass is 420 g/mol. The van der Waals surface area contributed by atoms with E-state index in [2.05, 4.69) is 10.0 Å². The van der Waals surface area contributed by atoms with E-state index in [0.717, 1.165) is 24.3 Å². The topological polar surface area (TPSA) is 88.4 Å². The summed E-state index contributed by atoms with van der Waals surface area (Å²) in [6, 6.07) is 13.6. The number of hydrogen-bond donors (Lipinski definition) is 2. The highest BCUT2D eigenvalue weighted by Gasteiger charge is 2.14. The van der Waals surface area contributed by atoms with Crippen molar-refractivity contribution in [3.8, 4) is 11.3 Å². The average molecular weight is 420 g/mol. The van der Waals surface area contributed by atoms with Crippen molar-refractivity contribution in [1.82, 2.24) is 10.0 Å². The van der Waals surface area contributed by atoms with Gasteiger partial charge in [-0.3, -0.25) is 4.79 Å². The fourth-order valence-electron chi connectivity index (χ4n) is 2.51. The van der Waals surface area contributed by atoms with Crippen molar-refractivity contribution in [1.29, 1.82) is 0 Å². The summed E-state index contributed by atoms with van der Waals surface area (Å²) in [5.74, 6) is -0.205. The minimum absolute atomic E-state index is 0.0774. The van der Waals surface area contributed by atoms with E-state index in [1.165, 1.54) is 12.1 Å². The molecule has 0 atom stereocenters. The van der Waals surface area contributed by atoms with Crippen molar-refractivity contribution in [2.24, 2.45) is 0 Å². The Kier molecular flexibility index (Phi) is 6.40. The van der Waals surface area contributed by atoms with Gasteiger partial charge in [0, 0.05) is 18.5 Å². The first-order valence-corrected chi connectivity index (χ1v) is 10.2. The van der Waals surface area contributed by atoms with Crippen molar-refractivity contribution in [2.75, 3.05) is 6.54 Å². The highest BCUT2D eigenvalue weighted by molar-refractivity contribution is 7.89. The van der Waals surface area contributed by atoms with Crippen LogP contribution < -0.4 is 10.0 Å². The van der Waals surface area contributed by atoms with Gasteiger partial charge in [0.25, 0.3) is 0 Å². The van der Waals surface area contributed by atoms with Gasteiger partial charge < -0.3 is 9.73 Å². The fraction of sp³-hybridized carbons (Fsp3) is 0.150. The molecule has 9 heteroatoms. The van der Waals surface area contributed by atoms with Crippen LogP contribution in [0.3, 0.4) is 0 Å². The van der Waals surface area contributed by atoms with E-state index in [9.17, 15) is 22.0 Å². The molecule has 0 unspecified atom stereocenters. The molecule has 0 saturated carbocycles. The lowest BCUT2D eigenvalue weighted by molar-refractivity contribution is -0.121. The summed E-state index contributed by atoms with van der Waals surface area (Å²) in [6.45, 7) is 0.0231. The number of furan rings is 1. The number of hydrogen-bond acceptors (Lipinski definition) is 4. The first-order valence-electron chi connectivity index (χ1n) is 8.70. The minimum atomic E-state index is -3.81. The summed E-state index contributed by atoms with van der Waals surface area (Å²) in [5, 5.41) is 2.63. The Labute approximate surface area is 166 Å². The Morgan fingerprint density at radius 1 is 0.897 bits per heavy atom. The Hall–Kier alpha value is -3.04. The van der Waals surface area contributed by atoms with Gasteiger partial charge in [0.15, 0.2) is 0 Å². The number of amides is 1. The van der Waals surface area contributed by atoms with Crippen LogP contribution in [-0.4, -0.2) is 20.9 Å². The second kappa shape index (κ2) is 8.97. The number of benzene rings is 2. The summed E-state index contributed by atoms with van der Waals surface area (Å²) in [4.78, 5) is 11.8. The van der Waals surface area contributed by atoms with Gasteiger partial charge in [0.1, 0.15) is 23.2 Å². The number of sulfonamides is 1. The highest BCUT2D eigenvalue weighted by atomic mass is 32.2. The van der Waals surface area contributed by atoms with Crippen LogP contribution in [0.5, 0.6) is 0 Å². The summed E-state index contributed by atoms with van der Waals surface area (Å²) in [7, 11) is -3.81. The molecule has 29 heavy (non-hydrogen) atoms. The van der Waals surface area contributed by atoms with Crippen LogP contribution in [-0.2, 0) is 21.4 Å². The molecule has 0 bridgehead atoms. The van der Waals surface area contributed by atoms with Gasteiger partial charge in [0.05, 0.1) is 11.4 Å². The van der Waals surface area contributed by atoms with Crippen molar-refractivity contribution in [3.05, 3.63) is 78.1 Å². The number of carbonyl (C=O) groups is 1. The molecule has 2 aromatic carbocycles. The van der Waals surface area contributed by atoms with Gasteiger partial charge in [-0.1, -0.05) is 0 Å². The van der Waals surface area contributed by atoms with E-state index in [1.54, 1.807) is 24.3 Å². The standard InChI is InChI=1S/C20H18F2N2O4S/c21-15-3-1-14(2-4-15)19-10-7-17(28-19)13-23-20(25)11-12-24-29(26,27)18-8-5-16(22)6-9-18/h1-10,24H,11-13H2,(H,23,25). The van der Waals surface area contributed by atoms with Crippen molar-refractivity contribution >= 4 is 15.9 Å². The van der Waals surface area contributed by atoms with Crippen molar-refractivity contribution in [2.45, 2.75) is 17.9 Å². The van der Waals surface area contributed by atoms with Crippen LogP contribution in [0.25, 0.3) is 11.3 Å². The third kappa shape index (κ3) is 5.72. The van der Waals surface area contributed by atoms with Gasteiger partial charge in [-0.2, -0.15) is 0 Å². The van der Waals surface area contributed by atoms with Crippen LogP contribution in [0.15, 0.2) is 70.0 Å². The Bertz CT molecular complexity index is 1080. The molecule has 6 nitrogen and oxygen atoms in total. The van der Waals surface area contributed by atoms with E-state index < -0.39 is 15.8 Å². The molecule has 0 aliphatic rings. The predicted octanol–water partition coefficient (Wildman–Crippen LogP) is 3.21. The van der Waals surface area contributed by atoms with E-state index in [4.69, 9.17) is 4.42 Å². The summed E-state index contributed by atoms with van der Waals surface area (Å²) in [6.07, 6.45) is -0.0774. The van der Waals surface area contributed by atoms with Crippen LogP contribution >= 0.6 is 0 Å². The average Bonchev–Trinajstić information content (AvgIpc) is 3.16. The van der Waals surface area contributed by atoms with Crippen LogP contribution in [0.4, 0.5) is 8.78 Å². The molecular weight excluding hydrogens is 402 g/mol. The van der Waals surface area contributed by atoms with Gasteiger partial charge in [-0.25, -0.2) is 21.9 Å². The third-order valence-electron chi connectivity index (χ3n) is 4.02. The summed E-state index contributed by atoms with van der Waals surface area (Å²) < 4.78 is 57.9. The maximum absolute atomic E-state index is 13.0. The molecule has 0 radical (unpaired) electrons. The Morgan fingerprint density at radius 3 is 2.17 bits per heavy atom. The smallest absolute Gasteiger partial charge is 0.240 e. The first-order chi connectivity index (χ1) is 13.8. The second-order valence-corrected chi connectivity index (χ2v) is 7.92. The third-order valence-corrected chi connectivity index (χ3v) is 5.50. The minimum Gasteiger partial charge on any atom is -0.459 e. The number of halogens is 2. The van der Waals surface area contributed by atoms with Crippen LogP contribution in [0, 0.1) is 11.6 Å². The molecule has 0 fully saturated rings. The van der Waals surface area contributed by atoms with E-state index in [0.29, 0.717) is 17.1 Å². The molecule has 0 aliphatic heterocycles. The van der Waals surface area contributed by atoms with Gasteiger partial charge in [-0.15, -0.1) is 0 Å². The molecule has 3 aromatic rings. The summed E-state index contributed by atoms with van der Waals surface area (Å²) >= 11 is 0. The van der Waals surface area contributed by atoms with Crippen molar-refractivity contribution in [3.63, 3.8) is 0 Å². The normalized spacial score (nSPS) is 11.4. The molecule has 152 valence electrons. The number of nitrogens with one attached hydrogen (secondary N) is 2. The molecular formula is C20H18F2N2O4S.